The summed E-state index contributed by atoms with van der Waals surface area (Å²) in [4.78, 5) is -1.70. The van der Waals surface area contributed by atoms with Gasteiger partial charge in [0.05, 0.1) is 21.0 Å². The third kappa shape index (κ3) is 3.46. The van der Waals surface area contributed by atoms with Crippen molar-refractivity contribution in [1.82, 2.24) is 0 Å². The lowest BCUT2D eigenvalue weighted by atomic mass is 10.1. The van der Waals surface area contributed by atoms with Gasteiger partial charge in [-0.3, -0.25) is 0 Å². The molecule has 0 fully saturated rings. The molecule has 0 atom stereocenters. The number of hydrogen-bond donors (Lipinski definition) is 0. The van der Waals surface area contributed by atoms with Gasteiger partial charge in [0, 0.05) is 10.7 Å². The zero-order valence-electron chi connectivity index (χ0n) is 8.40. The zero-order valence-corrected chi connectivity index (χ0v) is 10.7. The van der Waals surface area contributed by atoms with Crippen LogP contribution < -0.4 is 0 Å². The molecule has 2 nitrogen and oxygen atoms in total. The van der Waals surface area contributed by atoms with Crippen LogP contribution in [0.1, 0.15) is 11.1 Å². The Labute approximate surface area is 112 Å². The molecule has 0 aromatic heterocycles. The van der Waals surface area contributed by atoms with Crippen molar-refractivity contribution in [3.05, 3.63) is 28.3 Å². The summed E-state index contributed by atoms with van der Waals surface area (Å²) in [6.07, 6.45) is -11.1. The van der Waals surface area contributed by atoms with Crippen LogP contribution in [0.5, 0.6) is 0 Å². The Morgan fingerprint density at radius 3 is 1.63 bits per heavy atom. The molecule has 0 saturated heterocycles. The minimum Gasteiger partial charge on any atom is -0.207 e. The predicted octanol–water partition coefficient (Wildman–Crippen LogP) is 4.31. The Bertz CT molecular complexity index is 605. The van der Waals surface area contributed by atoms with Crippen LogP contribution in [0, 0.1) is 0 Å². The van der Waals surface area contributed by atoms with Crippen LogP contribution in [-0.2, 0) is 21.4 Å². The lowest BCUT2D eigenvalue weighted by Crippen LogP contribution is -2.20. The Morgan fingerprint density at radius 1 is 0.895 bits per heavy atom. The fourth-order valence-electron chi connectivity index (χ4n) is 1.32. The Hall–Kier alpha value is -0.670. The average molecular weight is 347 g/mol. The molecule has 108 valence electrons. The molecule has 0 radical (unpaired) electrons. The van der Waals surface area contributed by atoms with Crippen molar-refractivity contribution in [1.29, 1.82) is 0 Å². The Kier molecular flexibility index (Phi) is 4.06. The van der Waals surface area contributed by atoms with Crippen LogP contribution in [-0.4, -0.2) is 8.42 Å². The Morgan fingerprint density at radius 2 is 1.32 bits per heavy atom. The largest absolute Gasteiger partial charge is 0.418 e. The van der Waals surface area contributed by atoms with E-state index in [4.69, 9.17) is 22.3 Å². The maximum absolute atomic E-state index is 12.7. The molecule has 0 unspecified atom stereocenters. The van der Waals surface area contributed by atoms with Crippen molar-refractivity contribution >= 4 is 31.3 Å². The maximum Gasteiger partial charge on any atom is 0.418 e. The minimum atomic E-state index is -5.59. The maximum atomic E-state index is 12.7. The zero-order chi connectivity index (χ0) is 15.2. The van der Waals surface area contributed by atoms with Crippen LogP contribution in [0.15, 0.2) is 17.0 Å². The summed E-state index contributed by atoms with van der Waals surface area (Å²) in [5, 5.41) is -1.27. The Balaban J connectivity index is 3.93. The summed E-state index contributed by atoms with van der Waals surface area (Å²) < 4.78 is 97.7. The molecule has 0 aliphatic carbocycles. The summed E-state index contributed by atoms with van der Waals surface area (Å²) in [6, 6.07) is 0.650. The smallest absolute Gasteiger partial charge is 0.207 e. The van der Waals surface area contributed by atoms with Gasteiger partial charge >= 0.3 is 12.4 Å². The first-order chi connectivity index (χ1) is 8.26. The summed E-state index contributed by atoms with van der Waals surface area (Å²) >= 11 is 5.08. The topological polar surface area (TPSA) is 34.1 Å². The van der Waals surface area contributed by atoms with Crippen molar-refractivity contribution in [3.63, 3.8) is 0 Å². The standard InChI is InChI=1S/C8H2Cl2F6O2S/c9-3-1-2-4(19(10,17)18)6(8(14,15)16)5(3)7(11,12)13/h1-2H. The molecule has 1 rings (SSSR count). The van der Waals surface area contributed by atoms with Crippen molar-refractivity contribution in [3.8, 4) is 0 Å². The SMILES string of the molecule is O=S(=O)(Cl)c1ccc(Cl)c(C(F)(F)F)c1C(F)(F)F. The molecule has 1 aromatic carbocycles. The third-order valence-electron chi connectivity index (χ3n) is 1.95. The average Bonchev–Trinajstić information content (AvgIpc) is 2.11. The van der Waals surface area contributed by atoms with Gasteiger partial charge in [-0.25, -0.2) is 8.42 Å². The highest BCUT2D eigenvalue weighted by Crippen LogP contribution is 2.46. The highest BCUT2D eigenvalue weighted by atomic mass is 35.7. The summed E-state index contributed by atoms with van der Waals surface area (Å²) in [7, 11) is -0.317. The van der Waals surface area contributed by atoms with E-state index in [1.54, 1.807) is 0 Å². The predicted molar refractivity (Wildman–Crippen MR) is 54.5 cm³/mol. The first kappa shape index (κ1) is 16.4. The van der Waals surface area contributed by atoms with Gasteiger partial charge in [0.15, 0.2) is 0 Å². The summed E-state index contributed by atoms with van der Waals surface area (Å²) in [5.74, 6) is 0. The van der Waals surface area contributed by atoms with Gasteiger partial charge in [-0.15, -0.1) is 0 Å². The van der Waals surface area contributed by atoms with Crippen LogP contribution in [0.4, 0.5) is 26.3 Å². The number of benzene rings is 1. The molecule has 0 aliphatic rings. The van der Waals surface area contributed by atoms with Crippen LogP contribution in [0.25, 0.3) is 0 Å². The molecule has 0 bridgehead atoms. The highest BCUT2D eigenvalue weighted by molar-refractivity contribution is 8.13. The van der Waals surface area contributed by atoms with Gasteiger partial charge in [0.2, 0.25) is 0 Å². The van der Waals surface area contributed by atoms with Crippen molar-refractivity contribution in [2.24, 2.45) is 0 Å². The molecule has 0 N–H and O–H groups in total. The van der Waals surface area contributed by atoms with Crippen molar-refractivity contribution in [2.45, 2.75) is 17.2 Å². The van der Waals surface area contributed by atoms with Crippen LogP contribution >= 0.6 is 22.3 Å². The van der Waals surface area contributed by atoms with Gasteiger partial charge in [0.25, 0.3) is 9.05 Å². The van der Waals surface area contributed by atoms with E-state index in [9.17, 15) is 34.8 Å². The minimum absolute atomic E-state index is 0.267. The second-order valence-electron chi connectivity index (χ2n) is 3.23. The van der Waals surface area contributed by atoms with Crippen molar-refractivity contribution < 1.29 is 34.8 Å². The normalized spacial score (nSPS) is 13.7. The van der Waals surface area contributed by atoms with E-state index in [0.29, 0.717) is 6.07 Å². The monoisotopic (exact) mass is 346 g/mol. The third-order valence-corrected chi connectivity index (χ3v) is 3.63. The number of hydrogen-bond acceptors (Lipinski definition) is 2. The lowest BCUT2D eigenvalue weighted by Gasteiger charge is -2.18. The molecular weight excluding hydrogens is 345 g/mol. The van der Waals surface area contributed by atoms with Gasteiger partial charge < -0.3 is 0 Å². The van der Waals surface area contributed by atoms with Gasteiger partial charge in [0.1, 0.15) is 0 Å². The molecule has 0 saturated carbocycles. The number of rotatable bonds is 1. The molecule has 0 heterocycles. The molecule has 0 spiro atoms. The molecule has 1 aromatic rings. The highest BCUT2D eigenvalue weighted by Gasteiger charge is 2.48. The molecule has 19 heavy (non-hydrogen) atoms. The van der Waals surface area contributed by atoms with Gasteiger partial charge in [-0.05, 0) is 12.1 Å². The molecular formula is C8H2Cl2F6O2S. The van der Waals surface area contributed by atoms with E-state index in [0.717, 1.165) is 0 Å². The number of halogens is 8. The summed E-state index contributed by atoms with van der Waals surface area (Å²) in [6.45, 7) is 0. The first-order valence-corrected chi connectivity index (χ1v) is 6.86. The van der Waals surface area contributed by atoms with E-state index in [-0.39, 0.29) is 6.07 Å². The van der Waals surface area contributed by atoms with E-state index in [1.807, 2.05) is 0 Å². The van der Waals surface area contributed by atoms with Gasteiger partial charge in [-0.2, -0.15) is 26.3 Å². The fraction of sp³-hybridized carbons (Fsp3) is 0.250. The lowest BCUT2D eigenvalue weighted by molar-refractivity contribution is -0.163. The fourth-order valence-corrected chi connectivity index (χ4v) is 2.66. The van der Waals surface area contributed by atoms with Crippen LogP contribution in [0.3, 0.4) is 0 Å². The van der Waals surface area contributed by atoms with E-state index < -0.39 is 42.4 Å². The van der Waals surface area contributed by atoms with Gasteiger partial charge in [-0.1, -0.05) is 11.6 Å². The summed E-state index contributed by atoms with van der Waals surface area (Å²) in [5.41, 5.74) is -4.72. The first-order valence-electron chi connectivity index (χ1n) is 4.18. The molecule has 11 heteroatoms. The van der Waals surface area contributed by atoms with Crippen molar-refractivity contribution in [2.75, 3.05) is 0 Å². The van der Waals surface area contributed by atoms with Crippen LogP contribution in [0.2, 0.25) is 5.02 Å². The second-order valence-corrected chi connectivity index (χ2v) is 6.17. The van der Waals surface area contributed by atoms with E-state index >= 15 is 0 Å². The molecule has 0 amide bonds. The molecule has 0 aliphatic heterocycles. The second kappa shape index (κ2) is 4.71. The van der Waals surface area contributed by atoms with E-state index in [1.165, 1.54) is 0 Å². The quantitative estimate of drug-likeness (QED) is 0.561. The van der Waals surface area contributed by atoms with E-state index in [2.05, 4.69) is 0 Å². The number of alkyl halides is 6.